The van der Waals surface area contributed by atoms with Gasteiger partial charge in [0.2, 0.25) is 21.8 Å². The van der Waals surface area contributed by atoms with E-state index in [0.29, 0.717) is 18.3 Å². The Morgan fingerprint density at radius 2 is 1.81 bits per heavy atom. The first-order chi connectivity index (χ1) is 14.9. The van der Waals surface area contributed by atoms with Crippen LogP contribution in [0.4, 0.5) is 0 Å². The molecule has 32 heavy (non-hydrogen) atoms. The van der Waals surface area contributed by atoms with E-state index in [0.717, 1.165) is 5.56 Å². The van der Waals surface area contributed by atoms with Gasteiger partial charge in [-0.15, -0.1) is 5.10 Å². The Morgan fingerprint density at radius 3 is 2.38 bits per heavy atom. The lowest BCUT2D eigenvalue weighted by molar-refractivity contribution is -0.132. The lowest BCUT2D eigenvalue weighted by Crippen LogP contribution is -2.43. The highest BCUT2D eigenvalue weighted by Gasteiger charge is 2.48. The van der Waals surface area contributed by atoms with E-state index >= 15 is 0 Å². The van der Waals surface area contributed by atoms with Gasteiger partial charge >= 0.3 is 0 Å². The highest BCUT2D eigenvalue weighted by molar-refractivity contribution is 8.14. The maximum absolute atomic E-state index is 12.5. The molecule has 11 heteroatoms. The Morgan fingerprint density at radius 1 is 1.16 bits per heavy atom. The number of rotatable bonds is 9. The average Bonchev–Trinajstić information content (AvgIpc) is 3.07. The molecule has 1 aliphatic rings. The minimum atomic E-state index is -3.48. The summed E-state index contributed by atoms with van der Waals surface area (Å²) in [6.45, 7) is 9.83. The molecule has 1 heterocycles. The largest absolute Gasteiger partial charge is 0.316 e. The molecule has 1 aliphatic heterocycles. The molecule has 0 spiro atoms. The molecule has 1 unspecified atom stereocenters. The van der Waals surface area contributed by atoms with Gasteiger partial charge < -0.3 is 10.6 Å². The van der Waals surface area contributed by atoms with Crippen LogP contribution in [-0.4, -0.2) is 55.8 Å². The highest BCUT2D eigenvalue weighted by atomic mass is 32.2. The summed E-state index contributed by atoms with van der Waals surface area (Å²) in [6.07, 6.45) is 0.264. The van der Waals surface area contributed by atoms with Gasteiger partial charge in [0.05, 0.1) is 5.75 Å². The van der Waals surface area contributed by atoms with Crippen LogP contribution in [0.25, 0.3) is 0 Å². The van der Waals surface area contributed by atoms with E-state index in [2.05, 4.69) is 20.5 Å². The average molecular weight is 484 g/mol. The second-order valence-corrected chi connectivity index (χ2v) is 11.7. The number of nitrogens with zero attached hydrogens (tertiary/aromatic N) is 2. The van der Waals surface area contributed by atoms with E-state index in [1.54, 1.807) is 20.8 Å². The van der Waals surface area contributed by atoms with Crippen molar-refractivity contribution in [2.45, 2.75) is 45.9 Å². The minimum absolute atomic E-state index is 0.0356. The van der Waals surface area contributed by atoms with Gasteiger partial charge in [-0.1, -0.05) is 69.8 Å². The van der Waals surface area contributed by atoms with Gasteiger partial charge in [0, 0.05) is 31.8 Å². The fraction of sp³-hybridized carbons (Fsp3) is 0.571. The third-order valence-corrected chi connectivity index (χ3v) is 7.52. The van der Waals surface area contributed by atoms with Crippen LogP contribution in [0.1, 0.15) is 46.6 Å². The van der Waals surface area contributed by atoms with Crippen LogP contribution in [0.3, 0.4) is 0 Å². The van der Waals surface area contributed by atoms with Crippen molar-refractivity contribution in [2.24, 2.45) is 10.5 Å². The molecule has 0 aromatic heterocycles. The molecule has 178 valence electrons. The predicted molar refractivity (Wildman–Crippen MR) is 128 cm³/mol. The number of sulfonamides is 1. The summed E-state index contributed by atoms with van der Waals surface area (Å²) >= 11 is 1.24. The second-order valence-electron chi connectivity index (χ2n) is 8.51. The summed E-state index contributed by atoms with van der Waals surface area (Å²) in [5.74, 6) is -0.567. The first-order valence-electron chi connectivity index (χ1n) is 10.5. The van der Waals surface area contributed by atoms with Crippen LogP contribution in [0.5, 0.6) is 0 Å². The SMILES string of the molecule is CCNCCS(=O)(=O)NCCC1(c2ccccc2)SC(NC(=O)C(C)(C)C)=NN1C(C)=O. The van der Waals surface area contributed by atoms with Crippen molar-refractivity contribution in [1.29, 1.82) is 0 Å². The molecule has 0 aliphatic carbocycles. The number of carbonyl (C=O) groups excluding carboxylic acids is 2. The zero-order chi connectivity index (χ0) is 24.0. The zero-order valence-electron chi connectivity index (χ0n) is 19.3. The van der Waals surface area contributed by atoms with E-state index in [-0.39, 0.29) is 30.5 Å². The summed E-state index contributed by atoms with van der Waals surface area (Å²) in [7, 11) is -3.48. The molecule has 0 radical (unpaired) electrons. The van der Waals surface area contributed by atoms with Crippen LogP contribution in [0.15, 0.2) is 35.4 Å². The molecule has 1 aromatic carbocycles. The van der Waals surface area contributed by atoms with Gasteiger partial charge in [0.25, 0.3) is 0 Å². The summed E-state index contributed by atoms with van der Waals surface area (Å²) in [5, 5.41) is 11.8. The number of thioether (sulfide) groups is 1. The normalized spacial score (nSPS) is 19.0. The Kier molecular flexibility index (Phi) is 8.86. The molecule has 9 nitrogen and oxygen atoms in total. The first kappa shape index (κ1) is 26.3. The van der Waals surface area contributed by atoms with E-state index in [1.165, 1.54) is 23.7 Å². The number of carbonyl (C=O) groups is 2. The van der Waals surface area contributed by atoms with Crippen LogP contribution < -0.4 is 15.4 Å². The maximum Gasteiger partial charge on any atom is 0.241 e. The molecular weight excluding hydrogens is 450 g/mol. The van der Waals surface area contributed by atoms with Gasteiger partial charge in [-0.2, -0.15) is 0 Å². The molecule has 0 fully saturated rings. The van der Waals surface area contributed by atoms with E-state index in [4.69, 9.17) is 0 Å². The monoisotopic (exact) mass is 483 g/mol. The lowest BCUT2D eigenvalue weighted by Gasteiger charge is -2.35. The molecule has 3 N–H and O–H groups in total. The van der Waals surface area contributed by atoms with Crippen molar-refractivity contribution in [3.63, 3.8) is 0 Å². The van der Waals surface area contributed by atoms with Crippen LogP contribution in [0, 0.1) is 5.41 Å². The van der Waals surface area contributed by atoms with Crippen molar-refractivity contribution in [3.05, 3.63) is 35.9 Å². The number of hydrogen-bond acceptors (Lipinski definition) is 7. The number of nitrogens with one attached hydrogen (secondary N) is 3. The highest BCUT2D eigenvalue weighted by Crippen LogP contribution is 2.47. The molecule has 0 saturated heterocycles. The summed E-state index contributed by atoms with van der Waals surface area (Å²) in [4.78, 5) is 24.1. The Hall–Kier alpha value is -1.95. The van der Waals surface area contributed by atoms with Gasteiger partial charge in [0.1, 0.15) is 4.87 Å². The van der Waals surface area contributed by atoms with Crippen molar-refractivity contribution in [1.82, 2.24) is 20.4 Å². The predicted octanol–water partition coefficient (Wildman–Crippen LogP) is 1.79. The quantitative estimate of drug-likeness (QED) is 0.461. The maximum atomic E-state index is 12.5. The van der Waals surface area contributed by atoms with Crippen LogP contribution >= 0.6 is 11.8 Å². The van der Waals surface area contributed by atoms with Gasteiger partial charge in [-0.3, -0.25) is 9.59 Å². The molecule has 1 atom stereocenters. The van der Waals surface area contributed by atoms with E-state index in [1.807, 2.05) is 37.3 Å². The van der Waals surface area contributed by atoms with Crippen LogP contribution in [0.2, 0.25) is 0 Å². The molecule has 1 aromatic rings. The van der Waals surface area contributed by atoms with Crippen LogP contribution in [-0.2, 0) is 24.5 Å². The molecule has 0 saturated carbocycles. The Bertz CT molecular complexity index is 945. The second kappa shape index (κ2) is 10.8. The van der Waals surface area contributed by atoms with Crippen molar-refractivity contribution < 1.29 is 18.0 Å². The van der Waals surface area contributed by atoms with Gasteiger partial charge in [-0.25, -0.2) is 18.1 Å². The van der Waals surface area contributed by atoms with Crippen molar-refractivity contribution in [3.8, 4) is 0 Å². The zero-order valence-corrected chi connectivity index (χ0v) is 20.9. The smallest absolute Gasteiger partial charge is 0.241 e. The number of amides is 2. The lowest BCUT2D eigenvalue weighted by atomic mass is 9.96. The standard InChI is InChI=1S/C21H33N5O4S2/c1-6-22-14-15-32(29,30)23-13-12-21(17-10-8-7-9-11-17)26(16(2)27)25-19(31-21)24-18(28)20(3,4)5/h7-11,22-23H,6,12-15H2,1-5H3,(H,24,25,28). The third-order valence-electron chi connectivity index (χ3n) is 4.81. The van der Waals surface area contributed by atoms with Gasteiger partial charge in [-0.05, 0) is 12.1 Å². The van der Waals surface area contributed by atoms with Crippen molar-refractivity contribution >= 4 is 38.8 Å². The fourth-order valence-electron chi connectivity index (χ4n) is 3.07. The summed E-state index contributed by atoms with van der Waals surface area (Å²) < 4.78 is 27.3. The molecule has 2 rings (SSSR count). The topological polar surface area (TPSA) is 120 Å². The summed E-state index contributed by atoms with van der Waals surface area (Å²) in [5.41, 5.74) is 0.153. The molecular formula is C21H33N5O4S2. The molecule has 0 bridgehead atoms. The Balaban J connectivity index is 2.28. The first-order valence-corrected chi connectivity index (χ1v) is 13.0. The number of benzene rings is 1. The summed E-state index contributed by atoms with van der Waals surface area (Å²) in [6, 6.07) is 9.30. The van der Waals surface area contributed by atoms with E-state index < -0.39 is 20.3 Å². The van der Waals surface area contributed by atoms with Crippen molar-refractivity contribution in [2.75, 3.05) is 25.4 Å². The number of hydrogen-bond donors (Lipinski definition) is 3. The van der Waals surface area contributed by atoms with Gasteiger partial charge in [0.15, 0.2) is 5.17 Å². The third kappa shape index (κ3) is 6.77. The van der Waals surface area contributed by atoms with E-state index in [9.17, 15) is 18.0 Å². The molecule has 2 amide bonds. The number of hydrazone groups is 1. The minimum Gasteiger partial charge on any atom is -0.316 e. The number of amidine groups is 1. The Labute approximate surface area is 194 Å². The fourth-order valence-corrected chi connectivity index (χ4v) is 5.34.